The Morgan fingerprint density at radius 1 is 1.19 bits per heavy atom. The number of nitrogens with one attached hydrogen (secondary N) is 1. The minimum absolute atomic E-state index is 0.00159. The second-order valence-corrected chi connectivity index (χ2v) is 6.22. The number of hydrogen-bond acceptors (Lipinski definition) is 6. The second kappa shape index (κ2) is 8.63. The molecule has 1 fully saturated rings. The van der Waals surface area contributed by atoms with Crippen LogP contribution in [0.4, 0.5) is 21.5 Å². The van der Waals surface area contributed by atoms with Crippen LogP contribution in [0.3, 0.4) is 0 Å². The van der Waals surface area contributed by atoms with Crippen LogP contribution in [0.25, 0.3) is 0 Å². The van der Waals surface area contributed by atoms with Gasteiger partial charge in [-0.3, -0.25) is 10.1 Å². The summed E-state index contributed by atoms with van der Waals surface area (Å²) in [5.41, 5.74) is 1.63. The summed E-state index contributed by atoms with van der Waals surface area (Å²) in [7, 11) is 1.49. The number of nitro groups is 1. The largest absolute Gasteiger partial charge is 0.375 e. The Hall–Kier alpha value is -2.94. The first kappa shape index (κ1) is 18.8. The lowest BCUT2D eigenvalue weighted by Crippen LogP contribution is -2.48. The molecule has 0 amide bonds. The van der Waals surface area contributed by atoms with Crippen LogP contribution in [0.2, 0.25) is 0 Å². The number of carbonyl (C=O) groups is 1. The standard InChI is InChI=1S/C18H19BFN4O3/c20-15-4-1-3-14(11-15)12-21-16-5-2-6-17(18(16)24(26)27)22-7-9-23(10-8-22)19-13-25/h1-6,11,13,21H,7-10,12H2. The van der Waals surface area contributed by atoms with Gasteiger partial charge < -0.3 is 19.8 Å². The molecular weight excluding hydrogens is 350 g/mol. The van der Waals surface area contributed by atoms with Crippen LogP contribution in [0.15, 0.2) is 42.5 Å². The number of nitrogens with zero attached hydrogens (tertiary/aromatic N) is 3. The number of rotatable bonds is 7. The summed E-state index contributed by atoms with van der Waals surface area (Å²) in [6, 6.07) is 11.3. The maximum atomic E-state index is 13.3. The number of benzene rings is 2. The molecule has 0 aromatic heterocycles. The van der Waals surface area contributed by atoms with Crippen molar-refractivity contribution < 1.29 is 14.1 Å². The van der Waals surface area contributed by atoms with Gasteiger partial charge in [0.15, 0.2) is 0 Å². The van der Waals surface area contributed by atoms with Gasteiger partial charge in [0.25, 0.3) is 7.41 Å². The highest BCUT2D eigenvalue weighted by Crippen LogP contribution is 2.36. The molecule has 2 aromatic rings. The highest BCUT2D eigenvalue weighted by molar-refractivity contribution is 6.64. The van der Waals surface area contributed by atoms with Gasteiger partial charge >= 0.3 is 5.69 Å². The SMILES string of the molecule is O=C[B]N1CCN(c2cccc(NCc3cccc(F)c3)c2[N+](=O)[O-])CC1. The third kappa shape index (κ3) is 4.62. The lowest BCUT2D eigenvalue weighted by Gasteiger charge is -2.35. The zero-order valence-corrected chi connectivity index (χ0v) is 14.7. The van der Waals surface area contributed by atoms with Gasteiger partial charge in [0.2, 0.25) is 0 Å². The second-order valence-electron chi connectivity index (χ2n) is 6.22. The first-order valence-corrected chi connectivity index (χ1v) is 8.62. The van der Waals surface area contributed by atoms with Gasteiger partial charge in [-0.25, -0.2) is 4.39 Å². The van der Waals surface area contributed by atoms with Gasteiger partial charge in [-0.1, -0.05) is 18.2 Å². The summed E-state index contributed by atoms with van der Waals surface area (Å²) in [6.07, 6.45) is 0.745. The van der Waals surface area contributed by atoms with E-state index >= 15 is 0 Å². The first-order valence-electron chi connectivity index (χ1n) is 8.62. The molecular formula is C18H19BFN4O3. The first-order chi connectivity index (χ1) is 13.1. The van der Waals surface area contributed by atoms with E-state index in [0.717, 1.165) is 6.19 Å². The van der Waals surface area contributed by atoms with Crippen LogP contribution >= 0.6 is 0 Å². The minimum Gasteiger partial charge on any atom is -0.375 e. The summed E-state index contributed by atoms with van der Waals surface area (Å²) in [5, 5.41) is 14.8. The van der Waals surface area contributed by atoms with Crippen LogP contribution in [-0.2, 0) is 11.3 Å². The fourth-order valence-corrected chi connectivity index (χ4v) is 3.16. The molecule has 1 saturated heterocycles. The van der Waals surface area contributed by atoms with E-state index in [1.807, 2.05) is 9.71 Å². The Morgan fingerprint density at radius 3 is 2.59 bits per heavy atom. The summed E-state index contributed by atoms with van der Waals surface area (Å²) in [4.78, 5) is 25.8. The zero-order valence-electron chi connectivity index (χ0n) is 14.7. The van der Waals surface area contributed by atoms with Crippen LogP contribution in [0, 0.1) is 15.9 Å². The lowest BCUT2D eigenvalue weighted by atomic mass is 9.93. The van der Waals surface area contributed by atoms with Crippen molar-refractivity contribution >= 4 is 30.7 Å². The molecule has 0 saturated carbocycles. The molecule has 1 heterocycles. The predicted octanol–water partition coefficient (Wildman–Crippen LogP) is 2.28. The smallest absolute Gasteiger partial charge is 0.315 e. The molecule has 0 spiro atoms. The molecule has 1 radical (unpaired) electrons. The molecule has 7 nitrogen and oxygen atoms in total. The van der Waals surface area contributed by atoms with Crippen molar-refractivity contribution in [3.8, 4) is 0 Å². The number of para-hydroxylation sites is 1. The summed E-state index contributed by atoms with van der Waals surface area (Å²) < 4.78 is 13.3. The fourth-order valence-electron chi connectivity index (χ4n) is 3.16. The van der Waals surface area contributed by atoms with Crippen molar-refractivity contribution in [1.29, 1.82) is 0 Å². The Labute approximate surface area is 157 Å². The van der Waals surface area contributed by atoms with Crippen molar-refractivity contribution in [2.24, 2.45) is 0 Å². The van der Waals surface area contributed by atoms with E-state index in [1.54, 1.807) is 30.3 Å². The fraction of sp³-hybridized carbons (Fsp3) is 0.278. The minimum atomic E-state index is -0.396. The number of anilines is 2. The quantitative estimate of drug-likeness (QED) is 0.349. The van der Waals surface area contributed by atoms with E-state index < -0.39 is 4.92 Å². The maximum Gasteiger partial charge on any atom is 0.315 e. The lowest BCUT2D eigenvalue weighted by molar-refractivity contribution is -0.383. The molecule has 1 N–H and O–H groups in total. The monoisotopic (exact) mass is 369 g/mol. The Morgan fingerprint density at radius 2 is 1.93 bits per heavy atom. The molecule has 1 aliphatic heterocycles. The molecule has 0 unspecified atom stereocenters. The number of hydrogen-bond donors (Lipinski definition) is 1. The van der Waals surface area contributed by atoms with Crippen molar-refractivity contribution in [3.05, 3.63) is 64.0 Å². The zero-order chi connectivity index (χ0) is 19.2. The van der Waals surface area contributed by atoms with Crippen LogP contribution < -0.4 is 10.2 Å². The van der Waals surface area contributed by atoms with Crippen LogP contribution in [-0.4, -0.2) is 49.5 Å². The number of piperazine rings is 1. The number of halogens is 1. The van der Waals surface area contributed by atoms with Gasteiger partial charge in [0.1, 0.15) is 17.2 Å². The van der Waals surface area contributed by atoms with Gasteiger partial charge in [-0.05, 0) is 29.8 Å². The topological polar surface area (TPSA) is 78.7 Å². The molecule has 2 aromatic carbocycles. The number of nitro benzene ring substituents is 1. The molecule has 0 bridgehead atoms. The predicted molar refractivity (Wildman–Crippen MR) is 103 cm³/mol. The van der Waals surface area contributed by atoms with E-state index in [-0.39, 0.29) is 18.0 Å². The normalized spacial score (nSPS) is 14.6. The summed E-state index contributed by atoms with van der Waals surface area (Å²) in [5.74, 6) is -0.345. The van der Waals surface area contributed by atoms with Crippen molar-refractivity contribution in [2.45, 2.75) is 6.54 Å². The average Bonchev–Trinajstić information content (AvgIpc) is 2.67. The van der Waals surface area contributed by atoms with E-state index in [1.165, 1.54) is 19.5 Å². The van der Waals surface area contributed by atoms with Crippen LogP contribution in [0.5, 0.6) is 0 Å². The Bertz CT molecular complexity index is 828. The molecule has 0 aliphatic carbocycles. The highest BCUT2D eigenvalue weighted by atomic mass is 19.1. The molecule has 1 aliphatic rings. The van der Waals surface area contributed by atoms with E-state index in [4.69, 9.17) is 0 Å². The third-order valence-electron chi connectivity index (χ3n) is 4.50. The average molecular weight is 369 g/mol. The number of carbonyl (C=O) groups excluding carboxylic acids is 1. The van der Waals surface area contributed by atoms with E-state index in [9.17, 15) is 19.3 Å². The van der Waals surface area contributed by atoms with Crippen molar-refractivity contribution in [2.75, 3.05) is 36.4 Å². The Balaban J connectivity index is 1.78. The molecule has 3 rings (SSSR count). The third-order valence-corrected chi connectivity index (χ3v) is 4.50. The van der Waals surface area contributed by atoms with Crippen LogP contribution in [0.1, 0.15) is 5.56 Å². The van der Waals surface area contributed by atoms with Gasteiger partial charge in [0, 0.05) is 32.7 Å². The van der Waals surface area contributed by atoms with Gasteiger partial charge in [0.05, 0.1) is 11.1 Å². The van der Waals surface area contributed by atoms with Gasteiger partial charge in [-0.2, -0.15) is 0 Å². The molecule has 0 atom stereocenters. The van der Waals surface area contributed by atoms with Crippen molar-refractivity contribution in [3.63, 3.8) is 0 Å². The molecule has 27 heavy (non-hydrogen) atoms. The summed E-state index contributed by atoms with van der Waals surface area (Å²) in [6.45, 7) is 2.69. The van der Waals surface area contributed by atoms with Gasteiger partial charge in [-0.15, -0.1) is 0 Å². The summed E-state index contributed by atoms with van der Waals surface area (Å²) >= 11 is 0. The van der Waals surface area contributed by atoms with E-state index in [2.05, 4.69) is 5.32 Å². The molecule has 139 valence electrons. The van der Waals surface area contributed by atoms with Crippen molar-refractivity contribution in [1.82, 2.24) is 4.81 Å². The Kier molecular flexibility index (Phi) is 6.03. The maximum absolute atomic E-state index is 13.3. The molecule has 9 heteroatoms. The van der Waals surface area contributed by atoms with E-state index in [0.29, 0.717) is 43.1 Å². The highest BCUT2D eigenvalue weighted by Gasteiger charge is 2.26.